The van der Waals surface area contributed by atoms with Crippen LogP contribution in [-0.4, -0.2) is 45.0 Å². The molecule has 10 nitrogen and oxygen atoms in total. The molecule has 154 valence electrons. The molecule has 3 rings (SSSR count). The molecular formula is C20H18N4O6. The third kappa shape index (κ3) is 4.02. The van der Waals surface area contributed by atoms with E-state index in [0.29, 0.717) is 21.6 Å². The van der Waals surface area contributed by atoms with Crippen LogP contribution in [0, 0.1) is 24.0 Å². The summed E-state index contributed by atoms with van der Waals surface area (Å²) >= 11 is 0. The highest BCUT2D eigenvalue weighted by Gasteiger charge is 2.45. The lowest BCUT2D eigenvalue weighted by Gasteiger charge is -2.15. The number of urea groups is 1. The monoisotopic (exact) mass is 410 g/mol. The number of imide groups is 2. The Hall–Kier alpha value is -4.08. The Bertz CT molecular complexity index is 1070. The van der Waals surface area contributed by atoms with Crippen LogP contribution in [0.15, 0.2) is 42.5 Å². The molecule has 1 heterocycles. The Labute approximate surface area is 171 Å². The quantitative estimate of drug-likeness (QED) is 0.336. The average Bonchev–Trinajstić information content (AvgIpc) is 2.89. The van der Waals surface area contributed by atoms with Gasteiger partial charge in [0.2, 0.25) is 5.91 Å². The molecule has 0 saturated carbocycles. The highest BCUT2D eigenvalue weighted by molar-refractivity contribution is 6.45. The number of amides is 5. The van der Waals surface area contributed by atoms with Gasteiger partial charge in [0, 0.05) is 6.07 Å². The van der Waals surface area contributed by atoms with Gasteiger partial charge in [-0.2, -0.15) is 0 Å². The fourth-order valence-corrected chi connectivity index (χ4v) is 2.98. The van der Waals surface area contributed by atoms with Crippen molar-refractivity contribution in [1.82, 2.24) is 9.80 Å². The van der Waals surface area contributed by atoms with Gasteiger partial charge in [0.1, 0.15) is 12.2 Å². The molecule has 1 fully saturated rings. The van der Waals surface area contributed by atoms with Crippen molar-refractivity contribution in [2.24, 2.45) is 0 Å². The number of carbonyl (C=O) groups is 4. The van der Waals surface area contributed by atoms with E-state index in [1.54, 1.807) is 44.2 Å². The molecular weight excluding hydrogens is 392 g/mol. The van der Waals surface area contributed by atoms with E-state index in [4.69, 9.17) is 0 Å². The molecule has 0 spiro atoms. The number of hydrogen-bond acceptors (Lipinski definition) is 6. The van der Waals surface area contributed by atoms with Crippen molar-refractivity contribution < 1.29 is 24.1 Å². The molecule has 30 heavy (non-hydrogen) atoms. The van der Waals surface area contributed by atoms with Crippen molar-refractivity contribution in [3.63, 3.8) is 0 Å². The molecule has 1 N–H and O–H groups in total. The molecule has 5 amide bonds. The van der Waals surface area contributed by atoms with Crippen LogP contribution in [0.25, 0.3) is 0 Å². The standard InChI is InChI=1S/C20H18N4O6/c1-12-8-15(16(24(29)30)9-13(12)2)21-17(25)11-23-19(27)18(26)22(20(23)28)10-14-6-4-3-5-7-14/h3-9H,10-11H2,1-2H3,(H,21,25). The predicted octanol–water partition coefficient (Wildman–Crippen LogP) is 2.14. The molecule has 1 saturated heterocycles. The number of carbonyl (C=O) groups excluding carboxylic acids is 4. The zero-order valence-electron chi connectivity index (χ0n) is 16.2. The summed E-state index contributed by atoms with van der Waals surface area (Å²) in [5.74, 6) is -2.99. The van der Waals surface area contributed by atoms with Gasteiger partial charge >= 0.3 is 17.8 Å². The Balaban J connectivity index is 1.75. The van der Waals surface area contributed by atoms with E-state index in [0.717, 1.165) is 4.90 Å². The SMILES string of the molecule is Cc1cc(NC(=O)CN2C(=O)C(=O)N(Cc3ccccc3)C2=O)c([N+](=O)[O-])cc1C. The molecule has 2 aromatic carbocycles. The Morgan fingerprint density at radius 1 is 1.00 bits per heavy atom. The fraction of sp³-hybridized carbons (Fsp3) is 0.200. The maximum atomic E-state index is 12.5. The van der Waals surface area contributed by atoms with E-state index >= 15 is 0 Å². The first-order valence-electron chi connectivity index (χ1n) is 8.95. The van der Waals surface area contributed by atoms with E-state index in [-0.39, 0.29) is 17.9 Å². The third-order valence-corrected chi connectivity index (χ3v) is 4.70. The molecule has 0 unspecified atom stereocenters. The zero-order chi connectivity index (χ0) is 22.0. The number of aryl methyl sites for hydroxylation is 2. The first kappa shape index (κ1) is 20.6. The second-order valence-electron chi connectivity index (χ2n) is 6.81. The maximum absolute atomic E-state index is 12.5. The lowest BCUT2D eigenvalue weighted by Crippen LogP contribution is -2.39. The molecule has 2 aromatic rings. The van der Waals surface area contributed by atoms with Crippen molar-refractivity contribution in [1.29, 1.82) is 0 Å². The van der Waals surface area contributed by atoms with Crippen LogP contribution in [0.5, 0.6) is 0 Å². The van der Waals surface area contributed by atoms with Crippen LogP contribution < -0.4 is 5.32 Å². The summed E-state index contributed by atoms with van der Waals surface area (Å²) in [7, 11) is 0. The van der Waals surface area contributed by atoms with E-state index in [2.05, 4.69) is 5.32 Å². The lowest BCUT2D eigenvalue weighted by molar-refractivity contribution is -0.384. The minimum atomic E-state index is -1.12. The fourth-order valence-electron chi connectivity index (χ4n) is 2.98. The minimum Gasteiger partial charge on any atom is -0.319 e. The molecule has 0 bridgehead atoms. The van der Waals surface area contributed by atoms with E-state index < -0.39 is 35.2 Å². The summed E-state index contributed by atoms with van der Waals surface area (Å²) in [5, 5.41) is 13.6. The second kappa shape index (κ2) is 8.11. The number of nitrogens with zero attached hydrogens (tertiary/aromatic N) is 3. The van der Waals surface area contributed by atoms with Gasteiger partial charge in [0.25, 0.3) is 5.69 Å². The van der Waals surface area contributed by atoms with Crippen molar-refractivity contribution in [3.05, 3.63) is 69.3 Å². The van der Waals surface area contributed by atoms with Crippen LogP contribution in [-0.2, 0) is 20.9 Å². The molecule has 0 radical (unpaired) electrons. The highest BCUT2D eigenvalue weighted by atomic mass is 16.6. The van der Waals surface area contributed by atoms with Crippen LogP contribution in [0.1, 0.15) is 16.7 Å². The topological polar surface area (TPSA) is 130 Å². The van der Waals surface area contributed by atoms with Gasteiger partial charge in [-0.1, -0.05) is 30.3 Å². The Morgan fingerprint density at radius 3 is 2.23 bits per heavy atom. The van der Waals surface area contributed by atoms with Gasteiger partial charge in [-0.15, -0.1) is 0 Å². The molecule has 0 aliphatic carbocycles. The Kier molecular flexibility index (Phi) is 5.58. The van der Waals surface area contributed by atoms with Crippen molar-refractivity contribution in [2.75, 3.05) is 11.9 Å². The number of nitrogens with one attached hydrogen (secondary N) is 1. The lowest BCUT2D eigenvalue weighted by atomic mass is 10.1. The number of nitro benzene ring substituents is 1. The zero-order valence-corrected chi connectivity index (χ0v) is 16.2. The largest absolute Gasteiger partial charge is 0.335 e. The van der Waals surface area contributed by atoms with Gasteiger partial charge in [-0.3, -0.25) is 29.4 Å². The number of rotatable bonds is 6. The van der Waals surface area contributed by atoms with Gasteiger partial charge in [-0.05, 0) is 36.6 Å². The van der Waals surface area contributed by atoms with Crippen LogP contribution >= 0.6 is 0 Å². The molecule has 0 aromatic heterocycles. The van der Waals surface area contributed by atoms with E-state index in [1.165, 1.54) is 12.1 Å². The van der Waals surface area contributed by atoms with Gasteiger partial charge in [0.05, 0.1) is 11.5 Å². The number of nitro groups is 1. The second-order valence-corrected chi connectivity index (χ2v) is 6.81. The number of benzene rings is 2. The smallest absolute Gasteiger partial charge is 0.319 e. The van der Waals surface area contributed by atoms with Crippen LogP contribution in [0.3, 0.4) is 0 Å². The highest BCUT2D eigenvalue weighted by Crippen LogP contribution is 2.28. The van der Waals surface area contributed by atoms with Crippen molar-refractivity contribution in [2.45, 2.75) is 20.4 Å². The predicted molar refractivity (Wildman–Crippen MR) is 105 cm³/mol. The van der Waals surface area contributed by atoms with E-state index in [9.17, 15) is 29.3 Å². The number of hydrogen-bond donors (Lipinski definition) is 1. The molecule has 1 aliphatic heterocycles. The summed E-state index contributed by atoms with van der Waals surface area (Å²) in [6.07, 6.45) is 0. The average molecular weight is 410 g/mol. The van der Waals surface area contributed by atoms with Crippen LogP contribution in [0.4, 0.5) is 16.2 Å². The number of anilines is 1. The first-order valence-corrected chi connectivity index (χ1v) is 8.95. The van der Waals surface area contributed by atoms with Gasteiger partial charge < -0.3 is 5.32 Å². The maximum Gasteiger partial charge on any atom is 0.335 e. The summed E-state index contributed by atoms with van der Waals surface area (Å²) in [6.45, 7) is 2.58. The summed E-state index contributed by atoms with van der Waals surface area (Å²) in [4.78, 5) is 61.2. The summed E-state index contributed by atoms with van der Waals surface area (Å²) in [6, 6.07) is 10.4. The van der Waals surface area contributed by atoms with Crippen molar-refractivity contribution >= 4 is 35.1 Å². The van der Waals surface area contributed by atoms with Gasteiger partial charge in [-0.25, -0.2) is 9.69 Å². The first-order chi connectivity index (χ1) is 14.2. The van der Waals surface area contributed by atoms with Crippen molar-refractivity contribution in [3.8, 4) is 0 Å². The normalized spacial score (nSPS) is 13.7. The van der Waals surface area contributed by atoms with Gasteiger partial charge in [0.15, 0.2) is 0 Å². The Morgan fingerprint density at radius 2 is 1.60 bits per heavy atom. The minimum absolute atomic E-state index is 0.0559. The van der Waals surface area contributed by atoms with E-state index in [1.807, 2.05) is 0 Å². The molecule has 10 heteroatoms. The summed E-state index contributed by atoms with van der Waals surface area (Å²) in [5.41, 5.74) is 1.66. The third-order valence-electron chi connectivity index (χ3n) is 4.70. The molecule has 1 aliphatic rings. The summed E-state index contributed by atoms with van der Waals surface area (Å²) < 4.78 is 0. The molecule has 0 atom stereocenters. The van der Waals surface area contributed by atoms with Crippen LogP contribution in [0.2, 0.25) is 0 Å².